The Morgan fingerprint density at radius 1 is 1.47 bits per heavy atom. The first-order valence-electron chi connectivity index (χ1n) is 6.89. The van der Waals surface area contributed by atoms with E-state index < -0.39 is 0 Å². The van der Waals surface area contributed by atoms with E-state index in [9.17, 15) is 4.79 Å². The van der Waals surface area contributed by atoms with Crippen LogP contribution in [0.4, 0.5) is 0 Å². The highest BCUT2D eigenvalue weighted by Crippen LogP contribution is 2.16. The van der Waals surface area contributed by atoms with E-state index in [-0.39, 0.29) is 5.78 Å². The standard InChI is InChI=1S/C15H19N3O/c1-18-14-7-3-2-6-13(14)17-15(18)10-12(19)9-11-5-4-8-16-11/h2-3,6-7,11,16H,4-5,8-10H2,1H3. The molecule has 1 aromatic heterocycles. The summed E-state index contributed by atoms with van der Waals surface area (Å²) in [7, 11) is 1.98. The van der Waals surface area contributed by atoms with Gasteiger partial charge in [-0.15, -0.1) is 0 Å². The molecule has 1 fully saturated rings. The monoisotopic (exact) mass is 257 g/mol. The number of benzene rings is 1. The maximum absolute atomic E-state index is 12.1. The van der Waals surface area contributed by atoms with E-state index in [2.05, 4.69) is 10.3 Å². The summed E-state index contributed by atoms with van der Waals surface area (Å²) in [6.45, 7) is 1.05. The van der Waals surface area contributed by atoms with Gasteiger partial charge >= 0.3 is 0 Å². The fourth-order valence-electron chi connectivity index (χ4n) is 2.81. The molecule has 1 N–H and O–H groups in total. The minimum atomic E-state index is 0.276. The summed E-state index contributed by atoms with van der Waals surface area (Å²) in [5, 5.41) is 3.37. The number of aromatic nitrogens is 2. The lowest BCUT2D eigenvalue weighted by Crippen LogP contribution is -2.25. The normalized spacial score (nSPS) is 19.1. The summed E-state index contributed by atoms with van der Waals surface area (Å²) in [6, 6.07) is 8.38. The minimum absolute atomic E-state index is 0.276. The van der Waals surface area contributed by atoms with Crippen molar-refractivity contribution in [3.05, 3.63) is 30.1 Å². The highest BCUT2D eigenvalue weighted by molar-refractivity contribution is 5.83. The Kier molecular flexibility index (Phi) is 3.34. The number of rotatable bonds is 4. The average Bonchev–Trinajstić information content (AvgIpc) is 3.00. The fourth-order valence-corrected chi connectivity index (χ4v) is 2.81. The summed E-state index contributed by atoms with van der Waals surface area (Å²) < 4.78 is 2.02. The molecule has 4 nitrogen and oxygen atoms in total. The van der Waals surface area contributed by atoms with E-state index >= 15 is 0 Å². The SMILES string of the molecule is Cn1c(CC(=O)CC2CCCN2)nc2ccccc21. The molecule has 2 heterocycles. The summed E-state index contributed by atoms with van der Waals surface area (Å²) >= 11 is 0. The number of nitrogens with one attached hydrogen (secondary N) is 1. The summed E-state index contributed by atoms with van der Waals surface area (Å²) in [5.41, 5.74) is 2.05. The maximum atomic E-state index is 12.1. The third kappa shape index (κ3) is 2.54. The van der Waals surface area contributed by atoms with Crippen molar-refractivity contribution in [3.63, 3.8) is 0 Å². The van der Waals surface area contributed by atoms with Gasteiger partial charge in [-0.2, -0.15) is 0 Å². The van der Waals surface area contributed by atoms with Crippen LogP contribution < -0.4 is 5.32 Å². The number of imidazole rings is 1. The molecule has 1 unspecified atom stereocenters. The molecule has 100 valence electrons. The van der Waals surface area contributed by atoms with E-state index in [0.29, 0.717) is 18.9 Å². The van der Waals surface area contributed by atoms with E-state index in [4.69, 9.17) is 0 Å². The minimum Gasteiger partial charge on any atom is -0.331 e. The maximum Gasteiger partial charge on any atom is 0.141 e. The molecule has 4 heteroatoms. The molecule has 1 aromatic carbocycles. The molecule has 1 atom stereocenters. The van der Waals surface area contributed by atoms with Crippen LogP contribution in [0.15, 0.2) is 24.3 Å². The first-order chi connectivity index (χ1) is 9.24. The van der Waals surface area contributed by atoms with Gasteiger partial charge in [-0.3, -0.25) is 4.79 Å². The van der Waals surface area contributed by atoms with Crippen LogP contribution in [-0.2, 0) is 18.3 Å². The highest BCUT2D eigenvalue weighted by Gasteiger charge is 2.19. The first kappa shape index (κ1) is 12.4. The number of ketones is 1. The van der Waals surface area contributed by atoms with Gasteiger partial charge in [0.15, 0.2) is 0 Å². The Bertz CT molecular complexity index is 596. The number of fused-ring (bicyclic) bond motifs is 1. The van der Waals surface area contributed by atoms with Gasteiger partial charge in [0.05, 0.1) is 17.5 Å². The van der Waals surface area contributed by atoms with Gasteiger partial charge in [0, 0.05) is 19.5 Å². The number of hydrogen-bond donors (Lipinski definition) is 1. The second kappa shape index (κ2) is 5.13. The summed E-state index contributed by atoms with van der Waals surface area (Å²) in [6.07, 6.45) is 3.37. The van der Waals surface area contributed by atoms with Crippen LogP contribution >= 0.6 is 0 Å². The van der Waals surface area contributed by atoms with Gasteiger partial charge in [-0.1, -0.05) is 12.1 Å². The molecule has 1 aliphatic rings. The Morgan fingerprint density at radius 2 is 2.32 bits per heavy atom. The average molecular weight is 257 g/mol. The summed E-state index contributed by atoms with van der Waals surface area (Å²) in [5.74, 6) is 1.14. The van der Waals surface area contributed by atoms with E-state index in [1.807, 2.05) is 35.9 Å². The van der Waals surface area contributed by atoms with Crippen LogP contribution in [0.1, 0.15) is 25.1 Å². The molecular formula is C15H19N3O. The zero-order valence-corrected chi connectivity index (χ0v) is 11.2. The van der Waals surface area contributed by atoms with Crippen LogP contribution in [0.3, 0.4) is 0 Å². The molecule has 0 saturated carbocycles. The van der Waals surface area contributed by atoms with E-state index in [1.165, 1.54) is 6.42 Å². The lowest BCUT2D eigenvalue weighted by molar-refractivity contribution is -0.119. The number of para-hydroxylation sites is 2. The molecule has 0 amide bonds. The van der Waals surface area contributed by atoms with Gasteiger partial charge in [0.25, 0.3) is 0 Å². The number of nitrogens with zero attached hydrogens (tertiary/aromatic N) is 2. The fraction of sp³-hybridized carbons (Fsp3) is 0.467. The zero-order valence-electron chi connectivity index (χ0n) is 11.2. The van der Waals surface area contributed by atoms with Gasteiger partial charge < -0.3 is 9.88 Å². The van der Waals surface area contributed by atoms with Crippen molar-refractivity contribution in [1.29, 1.82) is 0 Å². The topological polar surface area (TPSA) is 46.9 Å². The Morgan fingerprint density at radius 3 is 3.05 bits per heavy atom. The van der Waals surface area contributed by atoms with Gasteiger partial charge in [0.1, 0.15) is 11.6 Å². The van der Waals surface area contributed by atoms with Crippen molar-refractivity contribution >= 4 is 16.8 Å². The van der Waals surface area contributed by atoms with Crippen LogP contribution in [0.5, 0.6) is 0 Å². The molecule has 0 bridgehead atoms. The second-order valence-corrected chi connectivity index (χ2v) is 5.29. The quantitative estimate of drug-likeness (QED) is 0.909. The number of carbonyl (C=O) groups is 1. The van der Waals surface area contributed by atoms with Gasteiger partial charge in [0.2, 0.25) is 0 Å². The molecule has 0 aliphatic carbocycles. The molecule has 19 heavy (non-hydrogen) atoms. The lowest BCUT2D eigenvalue weighted by Gasteiger charge is -2.08. The number of aryl methyl sites for hydroxylation is 1. The third-order valence-electron chi connectivity index (χ3n) is 3.87. The first-order valence-corrected chi connectivity index (χ1v) is 6.89. The molecular weight excluding hydrogens is 238 g/mol. The van der Waals surface area contributed by atoms with Crippen molar-refractivity contribution < 1.29 is 4.79 Å². The predicted molar refractivity (Wildman–Crippen MR) is 75.1 cm³/mol. The highest BCUT2D eigenvalue weighted by atomic mass is 16.1. The van der Waals surface area contributed by atoms with Crippen molar-refractivity contribution in [2.75, 3.05) is 6.54 Å². The van der Waals surface area contributed by atoms with Gasteiger partial charge in [-0.25, -0.2) is 4.98 Å². The lowest BCUT2D eigenvalue weighted by atomic mass is 10.1. The third-order valence-corrected chi connectivity index (χ3v) is 3.87. The van der Waals surface area contributed by atoms with E-state index in [0.717, 1.165) is 29.8 Å². The molecule has 3 rings (SSSR count). The Labute approximate surface area is 112 Å². The zero-order chi connectivity index (χ0) is 13.2. The Hall–Kier alpha value is -1.68. The molecule has 2 aromatic rings. The smallest absolute Gasteiger partial charge is 0.141 e. The van der Waals surface area contributed by atoms with Crippen LogP contribution in [0.25, 0.3) is 11.0 Å². The number of Topliss-reactive ketones (excluding diaryl/α,β-unsaturated/α-hetero) is 1. The van der Waals surface area contributed by atoms with Crippen molar-refractivity contribution in [1.82, 2.24) is 14.9 Å². The van der Waals surface area contributed by atoms with Gasteiger partial charge in [-0.05, 0) is 31.5 Å². The summed E-state index contributed by atoms with van der Waals surface area (Å²) in [4.78, 5) is 16.7. The molecule has 1 saturated heterocycles. The van der Waals surface area contributed by atoms with E-state index in [1.54, 1.807) is 0 Å². The van der Waals surface area contributed by atoms with Crippen molar-refractivity contribution in [3.8, 4) is 0 Å². The molecule has 1 aliphatic heterocycles. The van der Waals surface area contributed by atoms with Crippen molar-refractivity contribution in [2.24, 2.45) is 7.05 Å². The molecule has 0 radical (unpaired) electrons. The van der Waals surface area contributed by atoms with Crippen LogP contribution in [0.2, 0.25) is 0 Å². The number of carbonyl (C=O) groups excluding carboxylic acids is 1. The largest absolute Gasteiger partial charge is 0.331 e. The van der Waals surface area contributed by atoms with Crippen molar-refractivity contribution in [2.45, 2.75) is 31.7 Å². The van der Waals surface area contributed by atoms with Crippen LogP contribution in [0, 0.1) is 0 Å². The Balaban J connectivity index is 1.73. The number of hydrogen-bond acceptors (Lipinski definition) is 3. The van der Waals surface area contributed by atoms with Crippen LogP contribution in [-0.4, -0.2) is 27.9 Å². The predicted octanol–water partition coefficient (Wildman–Crippen LogP) is 1.83. The molecule has 0 spiro atoms. The second-order valence-electron chi connectivity index (χ2n) is 5.29.